The zero-order chi connectivity index (χ0) is 16.2. The van der Waals surface area contributed by atoms with Crippen molar-refractivity contribution < 1.29 is 28.3 Å². The number of hydrogen-bond donors (Lipinski definition) is 1. The first-order valence-electron chi connectivity index (χ1n) is 6.86. The van der Waals surface area contributed by atoms with E-state index >= 15 is 0 Å². The maximum absolute atomic E-state index is 12.1. The van der Waals surface area contributed by atoms with Gasteiger partial charge in [0.15, 0.2) is 0 Å². The summed E-state index contributed by atoms with van der Waals surface area (Å²) in [6.45, 7) is 0.395. The van der Waals surface area contributed by atoms with Gasteiger partial charge in [-0.25, -0.2) is 4.79 Å². The number of amides is 1. The molecule has 0 bridgehead atoms. The van der Waals surface area contributed by atoms with Crippen LogP contribution >= 0.6 is 7.60 Å². The van der Waals surface area contributed by atoms with E-state index in [4.69, 9.17) is 4.74 Å². The van der Waals surface area contributed by atoms with E-state index in [1.807, 2.05) is 30.3 Å². The first-order chi connectivity index (χ1) is 10.5. The molecular weight excluding hydrogens is 309 g/mol. The molecule has 1 aliphatic heterocycles. The summed E-state index contributed by atoms with van der Waals surface area (Å²) in [6.07, 6.45) is 0.226. The second-order valence-electron chi connectivity index (χ2n) is 4.93. The number of rotatable bonds is 5. The summed E-state index contributed by atoms with van der Waals surface area (Å²) in [7, 11) is -3.36. The summed E-state index contributed by atoms with van der Waals surface area (Å²) in [6, 6.07) is 8.15. The molecule has 1 amide bonds. The van der Waals surface area contributed by atoms with Crippen LogP contribution in [-0.2, 0) is 25.2 Å². The van der Waals surface area contributed by atoms with Gasteiger partial charge < -0.3 is 14.2 Å². The topological polar surface area (TPSA) is 93.1 Å². The summed E-state index contributed by atoms with van der Waals surface area (Å²) in [5.41, 5.74) is -0.146. The number of carbonyl (C=O) groups is 2. The monoisotopic (exact) mass is 327 g/mol. The molecule has 1 unspecified atom stereocenters. The maximum Gasteiger partial charge on any atom is 0.410 e. The number of hydrogen-bond acceptors (Lipinski definition) is 5. The molecule has 2 atom stereocenters. The Labute approximate surface area is 128 Å². The molecule has 1 heterocycles. The van der Waals surface area contributed by atoms with Crippen LogP contribution in [0.25, 0.3) is 0 Å². The van der Waals surface area contributed by atoms with Gasteiger partial charge in [0, 0.05) is 13.7 Å². The third kappa shape index (κ3) is 3.74. The van der Waals surface area contributed by atoms with E-state index in [1.165, 1.54) is 4.90 Å². The average Bonchev–Trinajstić information content (AvgIpc) is 3.02. The van der Waals surface area contributed by atoms with Gasteiger partial charge in [0.25, 0.3) is 5.52 Å². The van der Waals surface area contributed by atoms with E-state index in [0.717, 1.165) is 12.7 Å². The van der Waals surface area contributed by atoms with Crippen LogP contribution in [0.15, 0.2) is 30.3 Å². The molecule has 1 aliphatic rings. The highest BCUT2D eigenvalue weighted by atomic mass is 31.2. The van der Waals surface area contributed by atoms with Crippen molar-refractivity contribution in [2.75, 3.05) is 13.7 Å². The molecule has 1 saturated heterocycles. The molecule has 22 heavy (non-hydrogen) atoms. The van der Waals surface area contributed by atoms with Crippen LogP contribution in [0.2, 0.25) is 0 Å². The molecular formula is C14H18NO6P. The quantitative estimate of drug-likeness (QED) is 0.833. The Hall–Kier alpha value is -1.69. The van der Waals surface area contributed by atoms with Gasteiger partial charge in [-0.15, -0.1) is 0 Å². The predicted molar refractivity (Wildman–Crippen MR) is 78.2 cm³/mol. The zero-order valence-corrected chi connectivity index (χ0v) is 13.1. The summed E-state index contributed by atoms with van der Waals surface area (Å²) in [4.78, 5) is 34.7. The molecule has 2 rings (SSSR count). The van der Waals surface area contributed by atoms with Crippen LogP contribution in [0.5, 0.6) is 0 Å². The highest BCUT2D eigenvalue weighted by Crippen LogP contribution is 2.45. The maximum atomic E-state index is 12.1. The van der Waals surface area contributed by atoms with Gasteiger partial charge in [-0.1, -0.05) is 30.3 Å². The Morgan fingerprint density at radius 2 is 2.05 bits per heavy atom. The Kier molecular flexibility index (Phi) is 5.34. The molecule has 8 heteroatoms. The number of carbonyl (C=O) groups excluding carboxylic acids is 2. The molecule has 0 saturated carbocycles. The van der Waals surface area contributed by atoms with Crippen LogP contribution in [0.3, 0.4) is 0 Å². The standard InChI is InChI=1S/C14H18NO6P/c1-20-22(18,19)13(16)12-8-5-9-15(12)14(17)21-10-11-6-3-2-4-7-11/h2-4,6-7,12H,5,8-10H2,1H3,(H,18,19)/t12-/m0/s1. The van der Waals surface area contributed by atoms with Crippen molar-refractivity contribution >= 4 is 19.2 Å². The van der Waals surface area contributed by atoms with Gasteiger partial charge in [-0.05, 0) is 18.4 Å². The van der Waals surface area contributed by atoms with E-state index in [-0.39, 0.29) is 6.61 Å². The van der Waals surface area contributed by atoms with Crippen LogP contribution in [0.1, 0.15) is 18.4 Å². The van der Waals surface area contributed by atoms with Crippen molar-refractivity contribution in [1.29, 1.82) is 0 Å². The lowest BCUT2D eigenvalue weighted by atomic mass is 10.2. The fourth-order valence-electron chi connectivity index (χ4n) is 2.32. The smallest absolute Gasteiger partial charge is 0.410 e. The first kappa shape index (κ1) is 16.7. The van der Waals surface area contributed by atoms with Gasteiger partial charge in [-0.2, -0.15) is 0 Å². The van der Waals surface area contributed by atoms with Gasteiger partial charge in [0.2, 0.25) is 0 Å². The molecule has 1 fully saturated rings. The van der Waals surface area contributed by atoms with Crippen molar-refractivity contribution in [3.63, 3.8) is 0 Å². The van der Waals surface area contributed by atoms with Crippen LogP contribution in [-0.4, -0.2) is 41.1 Å². The fourth-order valence-corrected chi connectivity index (χ4v) is 3.15. The van der Waals surface area contributed by atoms with E-state index < -0.39 is 25.3 Å². The summed E-state index contributed by atoms with van der Waals surface area (Å²) < 4.78 is 21.1. The molecule has 0 aromatic heterocycles. The molecule has 1 aromatic carbocycles. The molecule has 7 nitrogen and oxygen atoms in total. The molecule has 1 N–H and O–H groups in total. The minimum Gasteiger partial charge on any atom is -0.445 e. The van der Waals surface area contributed by atoms with Crippen molar-refractivity contribution in [2.45, 2.75) is 25.5 Å². The number of nitrogens with zero attached hydrogens (tertiary/aromatic N) is 1. The molecule has 0 spiro atoms. The second-order valence-corrected chi connectivity index (χ2v) is 6.78. The van der Waals surface area contributed by atoms with Gasteiger partial charge in [-0.3, -0.25) is 14.3 Å². The van der Waals surface area contributed by atoms with E-state index in [0.29, 0.717) is 19.4 Å². The highest BCUT2D eigenvalue weighted by molar-refractivity contribution is 7.71. The Balaban J connectivity index is 1.99. The Morgan fingerprint density at radius 1 is 1.36 bits per heavy atom. The largest absolute Gasteiger partial charge is 0.445 e. The van der Waals surface area contributed by atoms with Crippen molar-refractivity contribution in [3.05, 3.63) is 35.9 Å². The van der Waals surface area contributed by atoms with Crippen LogP contribution < -0.4 is 0 Å². The van der Waals surface area contributed by atoms with E-state index in [1.54, 1.807) is 0 Å². The van der Waals surface area contributed by atoms with Crippen LogP contribution in [0, 0.1) is 0 Å². The summed E-state index contributed by atoms with van der Waals surface area (Å²) >= 11 is 0. The SMILES string of the molecule is COP(=O)(O)C(=O)[C@@H]1CCCN1C(=O)OCc1ccccc1. The highest BCUT2D eigenvalue weighted by Gasteiger charge is 2.43. The zero-order valence-electron chi connectivity index (χ0n) is 12.2. The molecule has 120 valence electrons. The van der Waals surface area contributed by atoms with Gasteiger partial charge >= 0.3 is 13.7 Å². The fraction of sp³-hybridized carbons (Fsp3) is 0.429. The molecule has 0 radical (unpaired) electrons. The molecule has 0 aliphatic carbocycles. The third-order valence-electron chi connectivity index (χ3n) is 3.50. The lowest BCUT2D eigenvalue weighted by Gasteiger charge is -2.23. The predicted octanol–water partition coefficient (Wildman–Crippen LogP) is 2.15. The van der Waals surface area contributed by atoms with E-state index in [9.17, 15) is 19.0 Å². The first-order valence-corrected chi connectivity index (χ1v) is 8.43. The van der Waals surface area contributed by atoms with Crippen molar-refractivity contribution in [3.8, 4) is 0 Å². The van der Waals surface area contributed by atoms with Gasteiger partial charge in [0.05, 0.1) is 0 Å². The minimum atomic E-state index is -4.36. The van der Waals surface area contributed by atoms with Gasteiger partial charge in [0.1, 0.15) is 12.6 Å². The van der Waals surface area contributed by atoms with Crippen LogP contribution in [0.4, 0.5) is 4.79 Å². The normalized spacial score (nSPS) is 20.5. The number of benzene rings is 1. The van der Waals surface area contributed by atoms with Crippen molar-refractivity contribution in [1.82, 2.24) is 4.90 Å². The lowest BCUT2D eigenvalue weighted by molar-refractivity contribution is -0.117. The van der Waals surface area contributed by atoms with E-state index in [2.05, 4.69) is 4.52 Å². The summed E-state index contributed by atoms with van der Waals surface area (Å²) in [5.74, 6) is 0. The molecule has 1 aromatic rings. The minimum absolute atomic E-state index is 0.0815. The summed E-state index contributed by atoms with van der Waals surface area (Å²) in [5, 5.41) is 0. The average molecular weight is 327 g/mol. The second kappa shape index (κ2) is 7.05. The number of likely N-dealkylation sites (tertiary alicyclic amines) is 1. The lowest BCUT2D eigenvalue weighted by Crippen LogP contribution is -2.40. The third-order valence-corrected chi connectivity index (χ3v) is 4.85. The number of ether oxygens (including phenoxy) is 1. The Bertz CT molecular complexity index is 590. The Morgan fingerprint density at radius 3 is 2.68 bits per heavy atom. The van der Waals surface area contributed by atoms with Crippen molar-refractivity contribution in [2.24, 2.45) is 0 Å².